The van der Waals surface area contributed by atoms with Gasteiger partial charge in [0.25, 0.3) is 0 Å². The molecule has 0 bridgehead atoms. The summed E-state index contributed by atoms with van der Waals surface area (Å²) in [6, 6.07) is 7.90. The monoisotopic (exact) mass is 508 g/mol. The van der Waals surface area contributed by atoms with Gasteiger partial charge in [-0.2, -0.15) is 28.6 Å². The van der Waals surface area contributed by atoms with E-state index >= 15 is 0 Å². The van der Waals surface area contributed by atoms with E-state index in [0.29, 0.717) is 36.4 Å². The zero-order chi connectivity index (χ0) is 26.2. The highest BCUT2D eigenvalue weighted by molar-refractivity contribution is 5.87. The molecule has 1 N–H and O–H groups in total. The van der Waals surface area contributed by atoms with Crippen LogP contribution >= 0.6 is 0 Å². The highest BCUT2D eigenvalue weighted by Gasteiger charge is 2.31. The van der Waals surface area contributed by atoms with Crippen molar-refractivity contribution >= 4 is 17.2 Å². The molecule has 1 saturated heterocycles. The number of pyridine rings is 2. The molecule has 9 nitrogen and oxygen atoms in total. The quantitative estimate of drug-likeness (QED) is 0.427. The summed E-state index contributed by atoms with van der Waals surface area (Å²) in [5, 5.41) is 20.6. The molecule has 37 heavy (non-hydrogen) atoms. The average Bonchev–Trinajstić information content (AvgIpc) is 3.62. The van der Waals surface area contributed by atoms with Gasteiger partial charge in [-0.15, -0.1) is 0 Å². The molecule has 12 heteroatoms. The Hall–Kier alpha value is -4.40. The number of anilines is 1. The maximum atomic E-state index is 12.3. The lowest BCUT2D eigenvalue weighted by molar-refractivity contribution is -0.136. The molecule has 0 aliphatic carbocycles. The Morgan fingerprint density at radius 2 is 2.00 bits per heavy atom. The molecule has 1 amide bonds. The lowest BCUT2D eigenvalue weighted by atomic mass is 10.0. The third-order valence-electron chi connectivity index (χ3n) is 6.42. The van der Waals surface area contributed by atoms with Crippen LogP contribution in [0.1, 0.15) is 18.4 Å². The number of carbonyl (C=O) groups excluding carboxylic acids is 1. The van der Waals surface area contributed by atoms with Crippen LogP contribution in [0.3, 0.4) is 0 Å². The number of nitrogens with zero attached hydrogens (tertiary/aromatic N) is 7. The molecule has 0 aromatic carbocycles. The minimum Gasteiger partial charge on any atom is -0.356 e. The van der Waals surface area contributed by atoms with E-state index in [-0.39, 0.29) is 5.91 Å². The number of hydrogen-bond acceptors (Lipinski definition) is 6. The van der Waals surface area contributed by atoms with Crippen LogP contribution < -0.4 is 10.2 Å². The van der Waals surface area contributed by atoms with Crippen LogP contribution in [0, 0.1) is 17.2 Å². The van der Waals surface area contributed by atoms with Crippen molar-refractivity contribution < 1.29 is 18.0 Å². The lowest BCUT2D eigenvalue weighted by Crippen LogP contribution is -2.35. The normalized spacial score (nSPS) is 15.8. The van der Waals surface area contributed by atoms with Gasteiger partial charge in [-0.3, -0.25) is 9.48 Å². The Kier molecular flexibility index (Phi) is 6.29. The van der Waals surface area contributed by atoms with E-state index in [1.54, 1.807) is 21.6 Å². The summed E-state index contributed by atoms with van der Waals surface area (Å²) in [5.41, 5.74) is 4.47. The number of hydrogen-bond donors (Lipinski definition) is 1. The fraction of sp³-hybridized carbons (Fsp3) is 0.320. The van der Waals surface area contributed by atoms with Crippen LogP contribution in [0.4, 0.5) is 19.0 Å². The largest absolute Gasteiger partial charge is 0.390 e. The van der Waals surface area contributed by atoms with Gasteiger partial charge in [-0.05, 0) is 24.6 Å². The molecule has 4 aromatic heterocycles. The first kappa shape index (κ1) is 24.3. The second-order valence-electron chi connectivity index (χ2n) is 9.00. The van der Waals surface area contributed by atoms with Gasteiger partial charge >= 0.3 is 6.18 Å². The van der Waals surface area contributed by atoms with Gasteiger partial charge in [-0.25, -0.2) is 9.50 Å². The minimum absolute atomic E-state index is 0.372. The zero-order valence-electron chi connectivity index (χ0n) is 19.9. The molecule has 5 heterocycles. The summed E-state index contributed by atoms with van der Waals surface area (Å²) in [6.07, 6.45) is 3.93. The van der Waals surface area contributed by atoms with Crippen molar-refractivity contribution in [2.45, 2.75) is 19.0 Å². The predicted molar refractivity (Wildman–Crippen MR) is 129 cm³/mol. The van der Waals surface area contributed by atoms with Crippen LogP contribution in [-0.4, -0.2) is 56.1 Å². The number of fused-ring (bicyclic) bond motifs is 1. The number of amides is 1. The number of nitriles is 1. The van der Waals surface area contributed by atoms with Gasteiger partial charge in [0, 0.05) is 67.5 Å². The molecule has 0 radical (unpaired) electrons. The molecular weight excluding hydrogens is 485 g/mol. The fourth-order valence-corrected chi connectivity index (χ4v) is 4.54. The molecule has 1 unspecified atom stereocenters. The Bertz CT molecular complexity index is 1480. The first-order chi connectivity index (χ1) is 17.7. The SMILES string of the molecule is Cn1cc(-c2cc(-c3ccc(N4CCC(C(=O)NCCC(F)(F)F)C4)nc3)c3c(C#N)cnn3c2)cn1. The van der Waals surface area contributed by atoms with Gasteiger partial charge in [-0.1, -0.05) is 0 Å². The van der Waals surface area contributed by atoms with Crippen LogP contribution in [0.2, 0.25) is 0 Å². The van der Waals surface area contributed by atoms with Crippen molar-refractivity contribution in [3.05, 3.63) is 54.7 Å². The summed E-state index contributed by atoms with van der Waals surface area (Å²) in [4.78, 5) is 18.8. The number of halogens is 3. The van der Waals surface area contributed by atoms with E-state index in [2.05, 4.69) is 26.6 Å². The Labute approximate surface area is 210 Å². The van der Waals surface area contributed by atoms with Gasteiger partial charge in [0.05, 0.1) is 35.8 Å². The first-order valence-corrected chi connectivity index (χ1v) is 11.7. The third kappa shape index (κ3) is 5.11. The van der Waals surface area contributed by atoms with Crippen LogP contribution in [0.25, 0.3) is 27.8 Å². The highest BCUT2D eigenvalue weighted by Crippen LogP contribution is 2.33. The van der Waals surface area contributed by atoms with E-state index in [9.17, 15) is 23.2 Å². The van der Waals surface area contributed by atoms with Crippen molar-refractivity contribution in [2.75, 3.05) is 24.5 Å². The van der Waals surface area contributed by atoms with Crippen LogP contribution in [-0.2, 0) is 11.8 Å². The van der Waals surface area contributed by atoms with Gasteiger partial charge in [0.2, 0.25) is 5.91 Å². The van der Waals surface area contributed by atoms with Gasteiger partial charge < -0.3 is 10.2 Å². The van der Waals surface area contributed by atoms with Crippen molar-refractivity contribution in [1.82, 2.24) is 29.7 Å². The Morgan fingerprint density at radius 3 is 2.68 bits per heavy atom. The summed E-state index contributed by atoms with van der Waals surface area (Å²) in [7, 11) is 1.84. The topological polar surface area (TPSA) is 104 Å². The van der Waals surface area contributed by atoms with Crippen LogP contribution in [0.5, 0.6) is 0 Å². The molecule has 5 rings (SSSR count). The summed E-state index contributed by atoms with van der Waals surface area (Å²) in [5.74, 6) is -0.0963. The molecular formula is C25H23F3N8O. The lowest BCUT2D eigenvalue weighted by Gasteiger charge is -2.18. The Balaban J connectivity index is 1.36. The highest BCUT2D eigenvalue weighted by atomic mass is 19.4. The van der Waals surface area contributed by atoms with E-state index in [0.717, 1.165) is 22.3 Å². The maximum absolute atomic E-state index is 12.3. The fourth-order valence-electron chi connectivity index (χ4n) is 4.54. The predicted octanol–water partition coefficient (Wildman–Crippen LogP) is 3.56. The summed E-state index contributed by atoms with van der Waals surface area (Å²) in [6.45, 7) is 0.537. The molecule has 0 spiro atoms. The number of nitrogens with one attached hydrogen (secondary N) is 1. The number of rotatable bonds is 6. The standard InChI is InChI=1S/C25H23F3N8O/c1-34-13-20(12-32-34)18-8-21(23-19(9-29)11-33-36(23)15-18)16-2-3-22(31-10-16)35-7-4-17(14-35)24(37)30-6-5-25(26,27)28/h2-3,8,10-13,15,17H,4-7,14H2,1H3,(H,30,37). The van der Waals surface area contributed by atoms with E-state index in [4.69, 9.17) is 0 Å². The molecule has 0 saturated carbocycles. The van der Waals surface area contributed by atoms with Crippen molar-refractivity contribution in [1.29, 1.82) is 5.26 Å². The molecule has 1 aliphatic heterocycles. The van der Waals surface area contributed by atoms with E-state index < -0.39 is 25.1 Å². The van der Waals surface area contributed by atoms with Crippen molar-refractivity contribution in [3.63, 3.8) is 0 Å². The zero-order valence-corrected chi connectivity index (χ0v) is 19.9. The molecule has 1 aliphatic rings. The van der Waals surface area contributed by atoms with Gasteiger partial charge in [0.15, 0.2) is 0 Å². The summed E-state index contributed by atoms with van der Waals surface area (Å²) >= 11 is 0. The average molecular weight is 509 g/mol. The maximum Gasteiger partial charge on any atom is 0.390 e. The second kappa shape index (κ2) is 9.57. The number of aromatic nitrogens is 5. The smallest absolute Gasteiger partial charge is 0.356 e. The van der Waals surface area contributed by atoms with Crippen molar-refractivity contribution in [3.8, 4) is 28.3 Å². The van der Waals surface area contributed by atoms with E-state index in [1.807, 2.05) is 42.5 Å². The molecule has 1 fully saturated rings. The van der Waals surface area contributed by atoms with E-state index in [1.165, 1.54) is 6.20 Å². The molecule has 4 aromatic rings. The van der Waals surface area contributed by atoms with Crippen molar-refractivity contribution in [2.24, 2.45) is 13.0 Å². The molecule has 190 valence electrons. The third-order valence-corrected chi connectivity index (χ3v) is 6.42. The summed E-state index contributed by atoms with van der Waals surface area (Å²) < 4.78 is 40.4. The number of aryl methyl sites for hydroxylation is 1. The minimum atomic E-state index is -4.30. The number of alkyl halides is 3. The van der Waals surface area contributed by atoms with Crippen LogP contribution in [0.15, 0.2) is 49.2 Å². The Morgan fingerprint density at radius 1 is 1.16 bits per heavy atom. The molecule has 1 atom stereocenters. The second-order valence-corrected chi connectivity index (χ2v) is 9.00. The number of carbonyl (C=O) groups is 1. The first-order valence-electron chi connectivity index (χ1n) is 11.7. The van der Waals surface area contributed by atoms with Gasteiger partial charge in [0.1, 0.15) is 11.9 Å².